The molecule has 5 nitrogen and oxygen atoms in total. The number of aliphatic hydroxyl groups excluding tert-OH is 1. The van der Waals surface area contributed by atoms with Crippen LogP contribution in [0.3, 0.4) is 0 Å². The van der Waals surface area contributed by atoms with Crippen molar-refractivity contribution in [2.24, 2.45) is 5.92 Å². The monoisotopic (exact) mass is 288 g/mol. The number of anilines is 1. The van der Waals surface area contributed by atoms with Crippen LogP contribution in [0.5, 0.6) is 5.75 Å². The van der Waals surface area contributed by atoms with Crippen molar-refractivity contribution in [1.82, 2.24) is 5.32 Å². The SMILES string of the molecule is C#CCOc1ccc(NC(=O)NC[C@@H]2CCC[C@H]2O)cc1. The number of terminal acetylenes is 1. The highest BCUT2D eigenvalue weighted by molar-refractivity contribution is 5.89. The molecule has 0 heterocycles. The minimum absolute atomic E-state index is 0.162. The van der Waals surface area contributed by atoms with Gasteiger partial charge < -0.3 is 20.5 Å². The fraction of sp³-hybridized carbons (Fsp3) is 0.438. The number of ether oxygens (including phenoxy) is 1. The Labute approximate surface area is 124 Å². The average molecular weight is 288 g/mol. The van der Waals surface area contributed by atoms with Gasteiger partial charge in [-0.2, -0.15) is 0 Å². The van der Waals surface area contributed by atoms with Crippen molar-refractivity contribution in [2.45, 2.75) is 25.4 Å². The van der Waals surface area contributed by atoms with E-state index in [1.807, 2.05) is 0 Å². The molecule has 1 fully saturated rings. The smallest absolute Gasteiger partial charge is 0.319 e. The maximum atomic E-state index is 11.8. The summed E-state index contributed by atoms with van der Waals surface area (Å²) in [5.74, 6) is 3.21. The molecule has 0 spiro atoms. The number of aliphatic hydroxyl groups is 1. The first-order chi connectivity index (χ1) is 10.2. The van der Waals surface area contributed by atoms with E-state index in [9.17, 15) is 9.90 Å². The lowest BCUT2D eigenvalue weighted by Crippen LogP contribution is -2.35. The summed E-state index contributed by atoms with van der Waals surface area (Å²) in [4.78, 5) is 11.8. The van der Waals surface area contributed by atoms with E-state index in [2.05, 4.69) is 16.6 Å². The van der Waals surface area contributed by atoms with Crippen molar-refractivity contribution in [3.8, 4) is 18.1 Å². The minimum atomic E-state index is -0.294. The number of benzene rings is 1. The molecular weight excluding hydrogens is 268 g/mol. The van der Waals surface area contributed by atoms with Gasteiger partial charge in [-0.3, -0.25) is 0 Å². The molecule has 1 aliphatic rings. The second-order valence-electron chi connectivity index (χ2n) is 5.11. The minimum Gasteiger partial charge on any atom is -0.481 e. The van der Waals surface area contributed by atoms with Crippen LogP contribution in [0.4, 0.5) is 10.5 Å². The number of rotatable bonds is 5. The lowest BCUT2D eigenvalue weighted by atomic mass is 10.1. The van der Waals surface area contributed by atoms with Crippen molar-refractivity contribution >= 4 is 11.7 Å². The average Bonchev–Trinajstić information content (AvgIpc) is 2.90. The standard InChI is InChI=1S/C16H20N2O3/c1-2-10-21-14-8-6-13(7-9-14)18-16(20)17-11-12-4-3-5-15(12)19/h1,6-9,12,15,19H,3-5,10-11H2,(H2,17,18,20)/t12-,15+/m0/s1. The van der Waals surface area contributed by atoms with Gasteiger partial charge in [-0.25, -0.2) is 4.79 Å². The van der Waals surface area contributed by atoms with Crippen LogP contribution in [0.15, 0.2) is 24.3 Å². The van der Waals surface area contributed by atoms with E-state index in [0.29, 0.717) is 18.0 Å². The third-order valence-electron chi connectivity index (χ3n) is 3.58. The Bertz CT molecular complexity index is 507. The van der Waals surface area contributed by atoms with Gasteiger partial charge in [0.15, 0.2) is 0 Å². The Morgan fingerprint density at radius 2 is 2.14 bits per heavy atom. The van der Waals surface area contributed by atoms with Crippen molar-refractivity contribution in [3.05, 3.63) is 24.3 Å². The summed E-state index contributed by atoms with van der Waals surface area (Å²) in [7, 11) is 0. The predicted octanol–water partition coefficient (Wildman–Crippen LogP) is 1.98. The van der Waals surface area contributed by atoms with Crippen LogP contribution in [0, 0.1) is 18.3 Å². The number of hydrogen-bond acceptors (Lipinski definition) is 3. The van der Waals surface area contributed by atoms with Crippen LogP contribution in [0.1, 0.15) is 19.3 Å². The molecule has 2 atom stereocenters. The molecule has 0 radical (unpaired) electrons. The highest BCUT2D eigenvalue weighted by atomic mass is 16.5. The first-order valence-corrected chi connectivity index (χ1v) is 7.08. The van der Waals surface area contributed by atoms with E-state index in [1.54, 1.807) is 24.3 Å². The number of carbonyl (C=O) groups is 1. The lowest BCUT2D eigenvalue weighted by molar-refractivity contribution is 0.133. The number of urea groups is 1. The molecule has 0 saturated heterocycles. The fourth-order valence-corrected chi connectivity index (χ4v) is 2.41. The molecule has 1 aromatic rings. The van der Waals surface area contributed by atoms with Gasteiger partial charge in [0.2, 0.25) is 0 Å². The molecule has 1 aromatic carbocycles. The normalized spacial score (nSPS) is 20.6. The lowest BCUT2D eigenvalue weighted by Gasteiger charge is -2.15. The molecule has 2 rings (SSSR count). The summed E-state index contributed by atoms with van der Waals surface area (Å²) in [6.45, 7) is 0.716. The topological polar surface area (TPSA) is 70.6 Å². The zero-order valence-corrected chi connectivity index (χ0v) is 11.8. The number of nitrogens with one attached hydrogen (secondary N) is 2. The van der Waals surface area contributed by atoms with Crippen LogP contribution < -0.4 is 15.4 Å². The number of carbonyl (C=O) groups excluding carboxylic acids is 1. The zero-order chi connectivity index (χ0) is 15.1. The quantitative estimate of drug-likeness (QED) is 0.726. The van der Waals surface area contributed by atoms with Crippen molar-refractivity contribution in [3.63, 3.8) is 0 Å². The fourth-order valence-electron chi connectivity index (χ4n) is 2.41. The van der Waals surface area contributed by atoms with Gasteiger partial charge in [-0.1, -0.05) is 12.3 Å². The van der Waals surface area contributed by atoms with Gasteiger partial charge in [-0.05, 0) is 37.1 Å². The van der Waals surface area contributed by atoms with Crippen LogP contribution in [-0.2, 0) is 0 Å². The molecule has 21 heavy (non-hydrogen) atoms. The van der Waals surface area contributed by atoms with Gasteiger partial charge in [0.1, 0.15) is 12.4 Å². The van der Waals surface area contributed by atoms with E-state index in [1.165, 1.54) is 0 Å². The Morgan fingerprint density at radius 3 is 2.76 bits per heavy atom. The summed E-state index contributed by atoms with van der Waals surface area (Å²) < 4.78 is 5.25. The van der Waals surface area contributed by atoms with Gasteiger partial charge in [0, 0.05) is 18.2 Å². The number of hydrogen-bond donors (Lipinski definition) is 3. The van der Waals surface area contributed by atoms with E-state index in [-0.39, 0.29) is 24.7 Å². The van der Waals surface area contributed by atoms with Crippen LogP contribution in [-0.4, -0.2) is 30.4 Å². The largest absolute Gasteiger partial charge is 0.481 e. The van der Waals surface area contributed by atoms with E-state index < -0.39 is 0 Å². The Kier molecular flexibility index (Phi) is 5.47. The molecule has 1 aliphatic carbocycles. The molecule has 2 amide bonds. The van der Waals surface area contributed by atoms with Crippen LogP contribution in [0.25, 0.3) is 0 Å². The van der Waals surface area contributed by atoms with Gasteiger partial charge in [0.05, 0.1) is 6.10 Å². The second kappa shape index (κ2) is 7.55. The van der Waals surface area contributed by atoms with E-state index in [0.717, 1.165) is 19.3 Å². The highest BCUT2D eigenvalue weighted by Gasteiger charge is 2.25. The Hall–Kier alpha value is -2.19. The third-order valence-corrected chi connectivity index (χ3v) is 3.58. The van der Waals surface area contributed by atoms with E-state index in [4.69, 9.17) is 11.2 Å². The summed E-state index contributed by atoms with van der Waals surface area (Å²) in [6, 6.07) is 6.71. The molecule has 5 heteroatoms. The summed E-state index contributed by atoms with van der Waals surface area (Å²) >= 11 is 0. The third kappa shape index (κ3) is 4.69. The summed E-state index contributed by atoms with van der Waals surface area (Å²) in [6.07, 6.45) is 7.62. The zero-order valence-electron chi connectivity index (χ0n) is 11.8. The molecule has 0 bridgehead atoms. The first-order valence-electron chi connectivity index (χ1n) is 7.08. The molecule has 0 unspecified atom stereocenters. The van der Waals surface area contributed by atoms with Crippen LogP contribution >= 0.6 is 0 Å². The van der Waals surface area contributed by atoms with Crippen LogP contribution in [0.2, 0.25) is 0 Å². The molecule has 112 valence electrons. The Morgan fingerprint density at radius 1 is 1.38 bits per heavy atom. The Balaban J connectivity index is 1.75. The predicted molar refractivity (Wildman–Crippen MR) is 81.1 cm³/mol. The number of amides is 2. The maximum Gasteiger partial charge on any atom is 0.319 e. The van der Waals surface area contributed by atoms with Crippen molar-refractivity contribution < 1.29 is 14.6 Å². The highest BCUT2D eigenvalue weighted by Crippen LogP contribution is 2.24. The molecule has 3 N–H and O–H groups in total. The molecular formula is C16H20N2O3. The maximum absolute atomic E-state index is 11.8. The first kappa shape index (κ1) is 15.2. The van der Waals surface area contributed by atoms with Gasteiger partial charge in [-0.15, -0.1) is 6.42 Å². The molecule has 0 aliphatic heterocycles. The molecule has 0 aromatic heterocycles. The molecule has 1 saturated carbocycles. The summed E-state index contributed by atoms with van der Waals surface area (Å²) in [5, 5.41) is 15.2. The van der Waals surface area contributed by atoms with Gasteiger partial charge in [0.25, 0.3) is 0 Å². The van der Waals surface area contributed by atoms with Crippen molar-refractivity contribution in [2.75, 3.05) is 18.5 Å². The van der Waals surface area contributed by atoms with Gasteiger partial charge >= 0.3 is 6.03 Å². The van der Waals surface area contributed by atoms with E-state index >= 15 is 0 Å². The van der Waals surface area contributed by atoms with Crippen molar-refractivity contribution in [1.29, 1.82) is 0 Å². The second-order valence-corrected chi connectivity index (χ2v) is 5.11. The summed E-state index contributed by atoms with van der Waals surface area (Å²) in [5.41, 5.74) is 0.674.